The van der Waals surface area contributed by atoms with Crippen LogP contribution >= 0.6 is 11.8 Å². The third-order valence-corrected chi connectivity index (χ3v) is 5.75. The Morgan fingerprint density at radius 1 is 1.60 bits per heavy atom. The fraction of sp³-hybridized carbons (Fsp3) is 0.545. The number of sulfone groups is 1. The Hall–Kier alpha value is -1.35. The predicted octanol–water partition coefficient (Wildman–Crippen LogP) is -0.492. The molecule has 2 rings (SSSR count). The maximum atomic E-state index is 12.0. The van der Waals surface area contributed by atoms with Crippen molar-refractivity contribution in [3.05, 3.63) is 22.6 Å². The van der Waals surface area contributed by atoms with Gasteiger partial charge in [-0.05, 0) is 6.42 Å². The minimum Gasteiger partial charge on any atom is -0.341 e. The van der Waals surface area contributed by atoms with E-state index in [4.69, 9.17) is 0 Å². The zero-order valence-corrected chi connectivity index (χ0v) is 12.5. The largest absolute Gasteiger partial charge is 0.341 e. The molecule has 110 valence electrons. The number of nitrogens with one attached hydrogen (secondary N) is 1. The van der Waals surface area contributed by atoms with E-state index in [9.17, 15) is 18.0 Å². The van der Waals surface area contributed by atoms with Crippen molar-refractivity contribution in [3.63, 3.8) is 0 Å². The van der Waals surface area contributed by atoms with Crippen molar-refractivity contribution in [1.82, 2.24) is 14.9 Å². The first-order valence-electron chi connectivity index (χ1n) is 6.01. The van der Waals surface area contributed by atoms with Crippen molar-refractivity contribution >= 4 is 27.5 Å². The molecule has 1 atom stereocenters. The lowest BCUT2D eigenvalue weighted by Crippen LogP contribution is -2.38. The van der Waals surface area contributed by atoms with Crippen LogP contribution in [0.15, 0.2) is 22.2 Å². The minimum absolute atomic E-state index is 0.0281. The second-order valence-corrected chi connectivity index (χ2v) is 7.78. The highest BCUT2D eigenvalue weighted by Crippen LogP contribution is 2.18. The van der Waals surface area contributed by atoms with Gasteiger partial charge >= 0.3 is 0 Å². The minimum atomic E-state index is -3.01. The molecule has 1 aliphatic rings. The van der Waals surface area contributed by atoms with Crippen molar-refractivity contribution in [2.45, 2.75) is 17.6 Å². The van der Waals surface area contributed by atoms with E-state index < -0.39 is 9.84 Å². The van der Waals surface area contributed by atoms with Gasteiger partial charge in [0.2, 0.25) is 5.91 Å². The van der Waals surface area contributed by atoms with E-state index in [0.29, 0.717) is 11.6 Å². The Bertz CT molecular complexity index is 656. The van der Waals surface area contributed by atoms with Crippen molar-refractivity contribution < 1.29 is 13.2 Å². The third-order valence-electron chi connectivity index (χ3n) is 3.13. The van der Waals surface area contributed by atoms with E-state index in [1.807, 2.05) is 0 Å². The quantitative estimate of drug-likeness (QED) is 0.594. The van der Waals surface area contributed by atoms with Gasteiger partial charge in [-0.3, -0.25) is 9.59 Å². The summed E-state index contributed by atoms with van der Waals surface area (Å²) < 4.78 is 22.8. The van der Waals surface area contributed by atoms with Crippen LogP contribution in [0.2, 0.25) is 0 Å². The van der Waals surface area contributed by atoms with E-state index in [2.05, 4.69) is 9.97 Å². The van der Waals surface area contributed by atoms with Crippen molar-refractivity contribution in [1.29, 1.82) is 0 Å². The highest BCUT2D eigenvalue weighted by atomic mass is 32.2. The number of thioether (sulfide) groups is 1. The summed E-state index contributed by atoms with van der Waals surface area (Å²) in [6.07, 6.45) is 1.86. The normalized spacial score (nSPS) is 20.8. The number of hydrogen-bond donors (Lipinski definition) is 1. The lowest BCUT2D eigenvalue weighted by Gasteiger charge is -2.23. The highest BCUT2D eigenvalue weighted by Gasteiger charge is 2.32. The maximum Gasteiger partial charge on any atom is 0.251 e. The summed E-state index contributed by atoms with van der Waals surface area (Å²) in [6, 6.07) is 1.04. The second-order valence-electron chi connectivity index (χ2n) is 4.59. The molecule has 7 nitrogen and oxygen atoms in total. The molecule has 1 aromatic rings. The lowest BCUT2D eigenvalue weighted by molar-refractivity contribution is -0.128. The zero-order chi connectivity index (χ0) is 14.8. The number of aromatic nitrogens is 2. The van der Waals surface area contributed by atoms with Crippen LogP contribution in [0.4, 0.5) is 0 Å². The molecule has 0 aliphatic carbocycles. The van der Waals surface area contributed by atoms with Crippen LogP contribution < -0.4 is 5.56 Å². The molecule has 0 bridgehead atoms. The molecule has 1 aliphatic heterocycles. The van der Waals surface area contributed by atoms with Gasteiger partial charge in [-0.25, -0.2) is 13.4 Å². The average molecular weight is 317 g/mol. The van der Waals surface area contributed by atoms with E-state index in [0.717, 1.165) is 11.8 Å². The standard InChI is InChI=1S/C11H15N3O4S2/c1-14(8-3-5-20(17,18)7-8)10(16)6-19-11-12-4-2-9(15)13-11/h2,4,8H,3,5-7H2,1H3,(H,12,13,15)/t8-/m0/s1. The van der Waals surface area contributed by atoms with Gasteiger partial charge in [0, 0.05) is 25.4 Å². The molecule has 0 unspecified atom stereocenters. The molecule has 0 saturated carbocycles. The van der Waals surface area contributed by atoms with Crippen LogP contribution in [0.3, 0.4) is 0 Å². The summed E-state index contributed by atoms with van der Waals surface area (Å²) in [6.45, 7) is 0. The SMILES string of the molecule is CN(C(=O)CSc1nccc(=O)[nH]1)[C@H]1CCS(=O)(=O)C1. The molecule has 2 heterocycles. The molecule has 0 aromatic carbocycles. The molecule has 20 heavy (non-hydrogen) atoms. The highest BCUT2D eigenvalue weighted by molar-refractivity contribution is 7.99. The molecule has 9 heteroatoms. The van der Waals surface area contributed by atoms with Crippen LogP contribution in [-0.2, 0) is 14.6 Å². The van der Waals surface area contributed by atoms with Crippen LogP contribution in [0, 0.1) is 0 Å². The topological polar surface area (TPSA) is 100 Å². The molecular formula is C11H15N3O4S2. The summed E-state index contributed by atoms with van der Waals surface area (Å²) in [5.41, 5.74) is -0.273. The second kappa shape index (κ2) is 5.96. The fourth-order valence-electron chi connectivity index (χ4n) is 1.94. The first-order chi connectivity index (χ1) is 9.37. The number of amides is 1. The zero-order valence-electron chi connectivity index (χ0n) is 10.9. The first-order valence-corrected chi connectivity index (χ1v) is 8.82. The molecule has 1 fully saturated rings. The van der Waals surface area contributed by atoms with Crippen LogP contribution in [0.5, 0.6) is 0 Å². The Kier molecular flexibility index (Phi) is 4.48. The molecular weight excluding hydrogens is 302 g/mol. The van der Waals surface area contributed by atoms with Gasteiger partial charge in [0.05, 0.1) is 17.3 Å². The number of rotatable bonds is 4. The van der Waals surface area contributed by atoms with E-state index in [1.54, 1.807) is 7.05 Å². The fourth-order valence-corrected chi connectivity index (χ4v) is 4.49. The number of hydrogen-bond acceptors (Lipinski definition) is 6. The summed E-state index contributed by atoms with van der Waals surface area (Å²) in [5.74, 6) is 0.0969. The Balaban J connectivity index is 1.90. The number of carbonyl (C=O) groups is 1. The third kappa shape index (κ3) is 3.83. The monoisotopic (exact) mass is 317 g/mol. The summed E-state index contributed by atoms with van der Waals surface area (Å²) in [7, 11) is -1.40. The first kappa shape index (κ1) is 15.0. The van der Waals surface area contributed by atoms with Gasteiger partial charge in [0.1, 0.15) is 0 Å². The maximum absolute atomic E-state index is 12.0. The van der Waals surface area contributed by atoms with E-state index >= 15 is 0 Å². The lowest BCUT2D eigenvalue weighted by atomic mass is 10.2. The van der Waals surface area contributed by atoms with Crippen molar-refractivity contribution in [2.24, 2.45) is 0 Å². The molecule has 1 aromatic heterocycles. The van der Waals surface area contributed by atoms with Crippen molar-refractivity contribution in [2.75, 3.05) is 24.3 Å². The van der Waals surface area contributed by atoms with Crippen LogP contribution in [-0.4, -0.2) is 59.5 Å². The van der Waals surface area contributed by atoms with Crippen molar-refractivity contribution in [3.8, 4) is 0 Å². The van der Waals surface area contributed by atoms with Gasteiger partial charge < -0.3 is 9.88 Å². The average Bonchev–Trinajstić information content (AvgIpc) is 2.75. The molecule has 0 radical (unpaired) electrons. The van der Waals surface area contributed by atoms with Gasteiger partial charge in [-0.15, -0.1) is 0 Å². The summed E-state index contributed by atoms with van der Waals surface area (Å²) >= 11 is 1.12. The summed E-state index contributed by atoms with van der Waals surface area (Å²) in [4.78, 5) is 31.0. The van der Waals surface area contributed by atoms with E-state index in [-0.39, 0.29) is 34.8 Å². The van der Waals surface area contributed by atoms with Crippen LogP contribution in [0.1, 0.15) is 6.42 Å². The number of aromatic amines is 1. The Labute approximate surface area is 120 Å². The number of H-pyrrole nitrogens is 1. The van der Waals surface area contributed by atoms with Crippen LogP contribution in [0.25, 0.3) is 0 Å². The molecule has 1 amide bonds. The molecule has 1 saturated heterocycles. The number of nitrogens with zero attached hydrogens (tertiary/aromatic N) is 2. The van der Waals surface area contributed by atoms with Gasteiger partial charge in [0.25, 0.3) is 5.56 Å². The van der Waals surface area contributed by atoms with Gasteiger partial charge in [0.15, 0.2) is 15.0 Å². The molecule has 1 N–H and O–H groups in total. The Morgan fingerprint density at radius 3 is 2.95 bits per heavy atom. The molecule has 0 spiro atoms. The predicted molar refractivity (Wildman–Crippen MR) is 75.4 cm³/mol. The Morgan fingerprint density at radius 2 is 2.35 bits per heavy atom. The van der Waals surface area contributed by atoms with Gasteiger partial charge in [-0.1, -0.05) is 11.8 Å². The summed E-state index contributed by atoms with van der Waals surface area (Å²) in [5, 5.41) is 0.373. The smallest absolute Gasteiger partial charge is 0.251 e. The van der Waals surface area contributed by atoms with E-state index in [1.165, 1.54) is 17.2 Å². The number of carbonyl (C=O) groups excluding carboxylic acids is 1. The van der Waals surface area contributed by atoms with Gasteiger partial charge in [-0.2, -0.15) is 0 Å².